The van der Waals surface area contributed by atoms with E-state index in [9.17, 15) is 14.3 Å². The van der Waals surface area contributed by atoms with E-state index in [4.69, 9.17) is 4.74 Å². The lowest BCUT2D eigenvalue weighted by atomic mass is 10.2. The van der Waals surface area contributed by atoms with Gasteiger partial charge in [-0.2, -0.15) is 5.10 Å². The molecular formula is C19H16FN3O3S. The number of ether oxygens (including phenoxy) is 1. The van der Waals surface area contributed by atoms with E-state index >= 15 is 0 Å². The van der Waals surface area contributed by atoms with Gasteiger partial charge in [-0.1, -0.05) is 12.1 Å². The van der Waals surface area contributed by atoms with Gasteiger partial charge in [0.2, 0.25) is 0 Å². The number of methoxy groups -OCH3 is 1. The van der Waals surface area contributed by atoms with Gasteiger partial charge in [-0.25, -0.2) is 14.8 Å². The van der Waals surface area contributed by atoms with Crippen LogP contribution in [0.5, 0.6) is 11.5 Å². The Kier molecular flexibility index (Phi) is 5.46. The van der Waals surface area contributed by atoms with Gasteiger partial charge in [-0.05, 0) is 42.8 Å². The summed E-state index contributed by atoms with van der Waals surface area (Å²) < 4.78 is 18.9. The second-order valence-electron chi connectivity index (χ2n) is 5.54. The third-order valence-electron chi connectivity index (χ3n) is 3.69. The monoisotopic (exact) mass is 385 g/mol. The highest BCUT2D eigenvalue weighted by molar-refractivity contribution is 7.17. The Morgan fingerprint density at radius 1 is 1.33 bits per heavy atom. The number of benzene rings is 2. The fourth-order valence-electron chi connectivity index (χ4n) is 2.36. The molecule has 0 aliphatic rings. The van der Waals surface area contributed by atoms with Gasteiger partial charge in [0.15, 0.2) is 11.5 Å². The van der Waals surface area contributed by atoms with Crippen molar-refractivity contribution in [1.29, 1.82) is 0 Å². The van der Waals surface area contributed by atoms with Crippen LogP contribution in [0.25, 0.3) is 10.6 Å². The van der Waals surface area contributed by atoms with Crippen molar-refractivity contribution in [3.05, 3.63) is 64.4 Å². The number of phenols is 1. The van der Waals surface area contributed by atoms with Crippen molar-refractivity contribution < 1.29 is 19.0 Å². The van der Waals surface area contributed by atoms with Crippen molar-refractivity contribution >= 4 is 23.5 Å². The van der Waals surface area contributed by atoms with E-state index in [2.05, 4.69) is 15.5 Å². The van der Waals surface area contributed by atoms with Gasteiger partial charge in [0.25, 0.3) is 5.91 Å². The van der Waals surface area contributed by atoms with Gasteiger partial charge in [0.1, 0.15) is 15.7 Å². The molecule has 0 radical (unpaired) electrons. The number of phenolic OH excluding ortho intramolecular Hbond substituents is 1. The van der Waals surface area contributed by atoms with Crippen LogP contribution < -0.4 is 10.2 Å². The molecule has 8 heteroatoms. The van der Waals surface area contributed by atoms with Gasteiger partial charge in [-0.15, -0.1) is 11.3 Å². The summed E-state index contributed by atoms with van der Waals surface area (Å²) in [5.41, 5.74) is 3.84. The number of aromatic nitrogens is 1. The maximum atomic E-state index is 13.9. The van der Waals surface area contributed by atoms with E-state index in [-0.39, 0.29) is 5.75 Å². The Bertz CT molecular complexity index is 1020. The number of aryl methyl sites for hydroxylation is 1. The number of thiazole rings is 1. The van der Waals surface area contributed by atoms with E-state index < -0.39 is 11.7 Å². The molecule has 0 spiro atoms. The summed E-state index contributed by atoms with van der Waals surface area (Å²) in [5.74, 6) is -0.519. The smallest absolute Gasteiger partial charge is 0.283 e. The molecule has 0 saturated carbocycles. The lowest BCUT2D eigenvalue weighted by molar-refractivity contribution is 0.0958. The molecule has 0 fully saturated rings. The molecule has 1 aromatic heterocycles. The van der Waals surface area contributed by atoms with Gasteiger partial charge < -0.3 is 9.84 Å². The lowest BCUT2D eigenvalue weighted by Gasteiger charge is -2.03. The zero-order chi connectivity index (χ0) is 19.4. The molecule has 0 bridgehead atoms. The molecule has 1 amide bonds. The average molecular weight is 385 g/mol. The number of carbonyl (C=O) groups excluding carboxylic acids is 1. The number of rotatable bonds is 5. The van der Waals surface area contributed by atoms with Crippen molar-refractivity contribution in [3.63, 3.8) is 0 Å². The largest absolute Gasteiger partial charge is 0.504 e. The normalized spacial score (nSPS) is 10.9. The van der Waals surface area contributed by atoms with E-state index in [1.807, 2.05) is 0 Å². The summed E-state index contributed by atoms with van der Waals surface area (Å²) in [7, 11) is 1.45. The molecule has 27 heavy (non-hydrogen) atoms. The number of hydrazone groups is 1. The minimum Gasteiger partial charge on any atom is -0.504 e. The first-order valence-electron chi connectivity index (χ1n) is 7.92. The molecular weight excluding hydrogens is 369 g/mol. The zero-order valence-electron chi connectivity index (χ0n) is 14.6. The highest BCUT2D eigenvalue weighted by Crippen LogP contribution is 2.29. The Balaban J connectivity index is 1.73. The summed E-state index contributed by atoms with van der Waals surface area (Å²) in [6, 6.07) is 11.0. The van der Waals surface area contributed by atoms with Crippen LogP contribution in [0.15, 0.2) is 47.6 Å². The van der Waals surface area contributed by atoms with Crippen LogP contribution in [-0.4, -0.2) is 29.3 Å². The Hall–Kier alpha value is -3.26. The molecule has 3 rings (SSSR count). The quantitative estimate of drug-likeness (QED) is 0.518. The molecule has 0 atom stereocenters. The van der Waals surface area contributed by atoms with Crippen molar-refractivity contribution in [1.82, 2.24) is 10.4 Å². The molecule has 2 N–H and O–H groups in total. The van der Waals surface area contributed by atoms with Crippen molar-refractivity contribution in [2.75, 3.05) is 7.11 Å². The Labute approximate surface area is 159 Å². The summed E-state index contributed by atoms with van der Waals surface area (Å²) in [6.07, 6.45) is 1.39. The van der Waals surface area contributed by atoms with Crippen LogP contribution in [0.4, 0.5) is 4.39 Å². The molecule has 0 saturated heterocycles. The van der Waals surface area contributed by atoms with E-state index in [0.717, 1.165) is 11.3 Å². The summed E-state index contributed by atoms with van der Waals surface area (Å²) in [4.78, 5) is 17.0. The maximum absolute atomic E-state index is 13.9. The molecule has 6 nitrogen and oxygen atoms in total. The first kappa shape index (κ1) is 18.5. The molecule has 3 aromatic rings. The van der Waals surface area contributed by atoms with Gasteiger partial charge in [-0.3, -0.25) is 4.79 Å². The van der Waals surface area contributed by atoms with Crippen LogP contribution in [-0.2, 0) is 0 Å². The maximum Gasteiger partial charge on any atom is 0.283 e. The molecule has 0 aliphatic carbocycles. The fraction of sp³-hybridized carbons (Fsp3) is 0.105. The number of nitrogens with zero attached hydrogens (tertiary/aromatic N) is 2. The highest BCUT2D eigenvalue weighted by atomic mass is 32.1. The predicted molar refractivity (Wildman–Crippen MR) is 102 cm³/mol. The first-order chi connectivity index (χ1) is 13.0. The SMILES string of the molecule is COc1ccc(/C=N/NC(=O)c2sc(-c3ccccc3F)nc2C)cc1O. The van der Waals surface area contributed by atoms with Crippen molar-refractivity contribution in [3.8, 4) is 22.1 Å². The van der Waals surface area contributed by atoms with Gasteiger partial charge in [0, 0.05) is 5.56 Å². The summed E-state index contributed by atoms with van der Waals surface area (Å²) in [6.45, 7) is 1.68. The number of halogens is 1. The average Bonchev–Trinajstić information content (AvgIpc) is 3.04. The van der Waals surface area contributed by atoms with E-state index in [0.29, 0.717) is 32.5 Å². The fourth-order valence-corrected chi connectivity index (χ4v) is 3.34. The van der Waals surface area contributed by atoms with E-state index in [1.54, 1.807) is 37.3 Å². The predicted octanol–water partition coefficient (Wildman–Crippen LogP) is 3.74. The number of aromatic hydroxyl groups is 1. The molecule has 1 heterocycles. The van der Waals surface area contributed by atoms with Gasteiger partial charge >= 0.3 is 0 Å². The number of nitrogens with one attached hydrogen (secondary N) is 1. The molecule has 138 valence electrons. The summed E-state index contributed by atoms with van der Waals surface area (Å²) in [5, 5.41) is 14.1. The Morgan fingerprint density at radius 2 is 2.11 bits per heavy atom. The lowest BCUT2D eigenvalue weighted by Crippen LogP contribution is -2.17. The van der Waals surface area contributed by atoms with Gasteiger partial charge in [0.05, 0.1) is 19.0 Å². The molecule has 0 unspecified atom stereocenters. The summed E-state index contributed by atoms with van der Waals surface area (Å²) >= 11 is 1.09. The second-order valence-corrected chi connectivity index (χ2v) is 6.54. The van der Waals surface area contributed by atoms with Crippen LogP contribution in [0, 0.1) is 12.7 Å². The minimum atomic E-state index is -0.443. The standard InChI is InChI=1S/C19H16FN3O3S/c1-11-17(27-19(22-11)13-5-3-4-6-14(13)20)18(25)23-21-10-12-7-8-16(26-2)15(24)9-12/h3-10,24H,1-2H3,(H,23,25)/b21-10+. The third kappa shape index (κ3) is 4.12. The van der Waals surface area contributed by atoms with Crippen molar-refractivity contribution in [2.45, 2.75) is 6.92 Å². The van der Waals surface area contributed by atoms with Crippen LogP contribution >= 0.6 is 11.3 Å². The van der Waals surface area contributed by atoms with Crippen LogP contribution in [0.2, 0.25) is 0 Å². The first-order valence-corrected chi connectivity index (χ1v) is 8.74. The number of carbonyl (C=O) groups is 1. The van der Waals surface area contributed by atoms with Crippen LogP contribution in [0.1, 0.15) is 20.9 Å². The number of amides is 1. The Morgan fingerprint density at radius 3 is 2.81 bits per heavy atom. The second kappa shape index (κ2) is 7.96. The van der Waals surface area contributed by atoms with E-state index in [1.165, 1.54) is 25.5 Å². The minimum absolute atomic E-state index is 0.0272. The van der Waals surface area contributed by atoms with Crippen LogP contribution in [0.3, 0.4) is 0 Å². The number of hydrogen-bond acceptors (Lipinski definition) is 6. The number of hydrogen-bond donors (Lipinski definition) is 2. The third-order valence-corrected chi connectivity index (χ3v) is 4.88. The highest BCUT2D eigenvalue weighted by Gasteiger charge is 2.17. The molecule has 2 aromatic carbocycles. The molecule has 0 aliphatic heterocycles. The zero-order valence-corrected chi connectivity index (χ0v) is 15.4. The van der Waals surface area contributed by atoms with Crippen molar-refractivity contribution in [2.24, 2.45) is 5.10 Å². The topological polar surface area (TPSA) is 83.8 Å².